The fraction of sp³-hybridized carbons (Fsp3) is 0.895. The third-order valence-electron chi connectivity index (χ3n) is 4.78. The molecule has 2 atom stereocenters. The van der Waals surface area contributed by atoms with E-state index in [9.17, 15) is 9.59 Å². The number of piperidine rings is 1. The molecule has 0 spiro atoms. The van der Waals surface area contributed by atoms with Crippen molar-refractivity contribution in [1.29, 1.82) is 0 Å². The number of hydrogen-bond donors (Lipinski definition) is 1. The van der Waals surface area contributed by atoms with Crippen molar-refractivity contribution in [2.24, 2.45) is 11.8 Å². The van der Waals surface area contributed by atoms with Crippen LogP contribution in [0.25, 0.3) is 0 Å². The average molecular weight is 325 g/mol. The second kappa shape index (κ2) is 11.5. The highest BCUT2D eigenvalue weighted by Gasteiger charge is 2.28. The molecule has 2 amide bonds. The molecule has 0 aromatic carbocycles. The highest BCUT2D eigenvalue weighted by molar-refractivity contribution is 5.81. The Bertz CT molecular complexity index is 357. The van der Waals surface area contributed by atoms with Crippen molar-refractivity contribution in [3.8, 4) is 0 Å². The lowest BCUT2D eigenvalue weighted by Crippen LogP contribution is -2.45. The summed E-state index contributed by atoms with van der Waals surface area (Å²) in [5, 5.41) is 3.05. The molecule has 1 fully saturated rings. The van der Waals surface area contributed by atoms with Gasteiger partial charge in [-0.05, 0) is 25.2 Å². The number of rotatable bonds is 10. The number of carbonyl (C=O) groups excluding carboxylic acids is 2. The molecule has 1 saturated heterocycles. The highest BCUT2D eigenvalue weighted by atomic mass is 16.2. The van der Waals surface area contributed by atoms with E-state index >= 15 is 0 Å². The Kier molecular flexibility index (Phi) is 9.97. The predicted molar refractivity (Wildman–Crippen MR) is 95.1 cm³/mol. The van der Waals surface area contributed by atoms with E-state index in [1.165, 1.54) is 19.3 Å². The molecule has 4 nitrogen and oxygen atoms in total. The quantitative estimate of drug-likeness (QED) is 0.622. The minimum absolute atomic E-state index is 0.0136. The Labute approximate surface area is 142 Å². The zero-order valence-electron chi connectivity index (χ0n) is 15.4. The molecule has 1 heterocycles. The summed E-state index contributed by atoms with van der Waals surface area (Å²) < 4.78 is 0. The van der Waals surface area contributed by atoms with E-state index in [1.54, 1.807) is 0 Å². The standard InChI is InChI=1S/C19H36N2O2/c1-4-6-7-8-12-20-19(23)17-11-9-13-21(15-17)18(22)14-16(3)10-5-2/h16-17H,4-15H2,1-3H3,(H,20,23). The Morgan fingerprint density at radius 3 is 2.65 bits per heavy atom. The van der Waals surface area contributed by atoms with Crippen molar-refractivity contribution in [3.05, 3.63) is 0 Å². The van der Waals surface area contributed by atoms with Crippen LogP contribution in [-0.4, -0.2) is 36.3 Å². The van der Waals surface area contributed by atoms with Crippen LogP contribution in [0.15, 0.2) is 0 Å². The lowest BCUT2D eigenvalue weighted by Gasteiger charge is -2.32. The van der Waals surface area contributed by atoms with Gasteiger partial charge in [-0.1, -0.05) is 52.9 Å². The summed E-state index contributed by atoms with van der Waals surface area (Å²) in [6.45, 7) is 8.69. The van der Waals surface area contributed by atoms with Gasteiger partial charge in [0.05, 0.1) is 5.92 Å². The van der Waals surface area contributed by atoms with E-state index in [2.05, 4.69) is 26.1 Å². The lowest BCUT2D eigenvalue weighted by molar-refractivity contribution is -0.136. The number of hydrogen-bond acceptors (Lipinski definition) is 2. The van der Waals surface area contributed by atoms with Gasteiger partial charge in [0.1, 0.15) is 0 Å². The first-order chi connectivity index (χ1) is 11.1. The molecule has 4 heteroatoms. The van der Waals surface area contributed by atoms with Gasteiger partial charge in [-0.15, -0.1) is 0 Å². The first kappa shape index (κ1) is 20.0. The molecule has 134 valence electrons. The van der Waals surface area contributed by atoms with Crippen LogP contribution in [0.1, 0.15) is 78.6 Å². The first-order valence-electron chi connectivity index (χ1n) is 9.63. The van der Waals surface area contributed by atoms with Crippen molar-refractivity contribution in [1.82, 2.24) is 10.2 Å². The molecular formula is C19H36N2O2. The highest BCUT2D eigenvalue weighted by Crippen LogP contribution is 2.20. The topological polar surface area (TPSA) is 49.4 Å². The summed E-state index contributed by atoms with van der Waals surface area (Å²) in [7, 11) is 0. The summed E-state index contributed by atoms with van der Waals surface area (Å²) in [5.41, 5.74) is 0. The monoisotopic (exact) mass is 324 g/mol. The summed E-state index contributed by atoms with van der Waals surface area (Å²) in [4.78, 5) is 26.6. The maximum atomic E-state index is 12.4. The van der Waals surface area contributed by atoms with Gasteiger partial charge in [0.15, 0.2) is 0 Å². The van der Waals surface area contributed by atoms with E-state index in [0.29, 0.717) is 18.9 Å². The average Bonchev–Trinajstić information content (AvgIpc) is 2.54. The molecule has 2 unspecified atom stereocenters. The zero-order valence-corrected chi connectivity index (χ0v) is 15.4. The maximum Gasteiger partial charge on any atom is 0.224 e. The van der Waals surface area contributed by atoms with Crippen LogP contribution in [-0.2, 0) is 9.59 Å². The van der Waals surface area contributed by atoms with Gasteiger partial charge >= 0.3 is 0 Å². The van der Waals surface area contributed by atoms with E-state index in [-0.39, 0.29) is 17.7 Å². The van der Waals surface area contributed by atoms with Gasteiger partial charge < -0.3 is 10.2 Å². The van der Waals surface area contributed by atoms with E-state index in [0.717, 1.165) is 45.2 Å². The minimum Gasteiger partial charge on any atom is -0.356 e. The van der Waals surface area contributed by atoms with E-state index in [4.69, 9.17) is 0 Å². The smallest absolute Gasteiger partial charge is 0.224 e. The summed E-state index contributed by atoms with van der Waals surface area (Å²) >= 11 is 0. The summed E-state index contributed by atoms with van der Waals surface area (Å²) in [5.74, 6) is 0.799. The number of nitrogens with one attached hydrogen (secondary N) is 1. The number of likely N-dealkylation sites (tertiary alicyclic amines) is 1. The molecule has 0 bridgehead atoms. The molecule has 0 radical (unpaired) electrons. The number of unbranched alkanes of at least 4 members (excludes halogenated alkanes) is 3. The predicted octanol–water partition coefficient (Wildman–Crippen LogP) is 3.75. The van der Waals surface area contributed by atoms with Crippen LogP contribution in [0.2, 0.25) is 0 Å². The SMILES string of the molecule is CCCCCCNC(=O)C1CCCN(C(=O)CC(C)CCC)C1. The molecule has 1 aliphatic rings. The largest absolute Gasteiger partial charge is 0.356 e. The maximum absolute atomic E-state index is 12.4. The fourth-order valence-electron chi connectivity index (χ4n) is 3.35. The Morgan fingerprint density at radius 1 is 1.17 bits per heavy atom. The third-order valence-corrected chi connectivity index (χ3v) is 4.78. The molecule has 0 aromatic rings. The van der Waals surface area contributed by atoms with Crippen LogP contribution in [0, 0.1) is 11.8 Å². The van der Waals surface area contributed by atoms with Crippen LogP contribution < -0.4 is 5.32 Å². The van der Waals surface area contributed by atoms with Gasteiger partial charge in [-0.25, -0.2) is 0 Å². The van der Waals surface area contributed by atoms with Gasteiger partial charge in [0, 0.05) is 26.1 Å². The molecule has 1 aliphatic heterocycles. The van der Waals surface area contributed by atoms with Gasteiger partial charge in [0.25, 0.3) is 0 Å². The molecule has 0 aromatic heterocycles. The van der Waals surface area contributed by atoms with Gasteiger partial charge in [-0.2, -0.15) is 0 Å². The van der Waals surface area contributed by atoms with Gasteiger partial charge in [-0.3, -0.25) is 9.59 Å². The van der Waals surface area contributed by atoms with Crippen LogP contribution in [0.3, 0.4) is 0 Å². The van der Waals surface area contributed by atoms with Crippen molar-refractivity contribution in [2.75, 3.05) is 19.6 Å². The fourth-order valence-corrected chi connectivity index (χ4v) is 3.35. The number of carbonyl (C=O) groups is 2. The van der Waals surface area contributed by atoms with Crippen LogP contribution in [0.4, 0.5) is 0 Å². The van der Waals surface area contributed by atoms with Crippen molar-refractivity contribution in [3.63, 3.8) is 0 Å². The van der Waals surface area contributed by atoms with Crippen LogP contribution >= 0.6 is 0 Å². The van der Waals surface area contributed by atoms with Gasteiger partial charge in [0.2, 0.25) is 11.8 Å². The summed E-state index contributed by atoms with van der Waals surface area (Å²) in [6.07, 6.45) is 9.39. The third kappa shape index (κ3) is 7.85. The Balaban J connectivity index is 2.32. The molecule has 0 aliphatic carbocycles. The normalized spacial score (nSPS) is 19.4. The second-order valence-corrected chi connectivity index (χ2v) is 7.13. The van der Waals surface area contributed by atoms with Crippen molar-refractivity contribution >= 4 is 11.8 Å². The van der Waals surface area contributed by atoms with E-state index in [1.807, 2.05) is 4.90 Å². The lowest BCUT2D eigenvalue weighted by atomic mass is 9.95. The van der Waals surface area contributed by atoms with E-state index < -0.39 is 0 Å². The first-order valence-corrected chi connectivity index (χ1v) is 9.63. The Morgan fingerprint density at radius 2 is 1.96 bits per heavy atom. The molecule has 23 heavy (non-hydrogen) atoms. The second-order valence-electron chi connectivity index (χ2n) is 7.13. The minimum atomic E-state index is -0.0136. The van der Waals surface area contributed by atoms with Crippen LogP contribution in [0.5, 0.6) is 0 Å². The van der Waals surface area contributed by atoms with Crippen molar-refractivity contribution < 1.29 is 9.59 Å². The number of nitrogens with zero attached hydrogens (tertiary/aromatic N) is 1. The molecular weight excluding hydrogens is 288 g/mol. The zero-order chi connectivity index (χ0) is 17.1. The van der Waals surface area contributed by atoms with Crippen molar-refractivity contribution in [2.45, 2.75) is 78.6 Å². The summed E-state index contributed by atoms with van der Waals surface area (Å²) in [6, 6.07) is 0. The Hall–Kier alpha value is -1.06. The molecule has 1 rings (SSSR count). The molecule has 1 N–H and O–H groups in total. The number of amides is 2. The molecule has 0 saturated carbocycles.